The van der Waals surface area contributed by atoms with Crippen molar-refractivity contribution in [3.63, 3.8) is 0 Å². The smallest absolute Gasteiger partial charge is 0.321 e. The zero-order valence-corrected chi connectivity index (χ0v) is 15.0. The molecule has 0 heterocycles. The SMILES string of the molecule is Cc1cccc(NC(=O)CSCC(=O)Oc2ccc(Cl)cc2C)c1. The molecule has 0 bridgehead atoms. The number of benzene rings is 2. The summed E-state index contributed by atoms with van der Waals surface area (Å²) in [7, 11) is 0. The highest BCUT2D eigenvalue weighted by Gasteiger charge is 2.10. The van der Waals surface area contributed by atoms with Crippen LogP contribution in [0.15, 0.2) is 42.5 Å². The monoisotopic (exact) mass is 363 g/mol. The molecule has 0 aliphatic carbocycles. The van der Waals surface area contributed by atoms with Gasteiger partial charge in [-0.3, -0.25) is 9.59 Å². The summed E-state index contributed by atoms with van der Waals surface area (Å²) in [5.41, 5.74) is 2.61. The molecule has 6 heteroatoms. The van der Waals surface area contributed by atoms with Crippen LogP contribution in [-0.4, -0.2) is 23.4 Å². The van der Waals surface area contributed by atoms with Crippen molar-refractivity contribution in [3.05, 3.63) is 58.6 Å². The summed E-state index contributed by atoms with van der Waals surface area (Å²) < 4.78 is 5.27. The summed E-state index contributed by atoms with van der Waals surface area (Å²) in [6.07, 6.45) is 0. The van der Waals surface area contributed by atoms with Crippen molar-refractivity contribution in [2.75, 3.05) is 16.8 Å². The van der Waals surface area contributed by atoms with E-state index in [9.17, 15) is 9.59 Å². The van der Waals surface area contributed by atoms with E-state index < -0.39 is 5.97 Å². The first-order valence-electron chi connectivity index (χ1n) is 7.35. The molecule has 126 valence electrons. The number of nitrogens with one attached hydrogen (secondary N) is 1. The van der Waals surface area contributed by atoms with Gasteiger partial charge in [-0.2, -0.15) is 0 Å². The molecule has 0 aliphatic rings. The van der Waals surface area contributed by atoms with Crippen LogP contribution in [0.25, 0.3) is 0 Å². The van der Waals surface area contributed by atoms with E-state index in [-0.39, 0.29) is 17.4 Å². The van der Waals surface area contributed by atoms with Gasteiger partial charge in [0.2, 0.25) is 5.91 Å². The lowest BCUT2D eigenvalue weighted by Crippen LogP contribution is -2.17. The number of hydrogen-bond donors (Lipinski definition) is 1. The van der Waals surface area contributed by atoms with Gasteiger partial charge in [-0.1, -0.05) is 23.7 Å². The van der Waals surface area contributed by atoms with Gasteiger partial charge in [0, 0.05) is 10.7 Å². The number of halogens is 1. The number of carbonyl (C=O) groups excluding carboxylic acids is 2. The van der Waals surface area contributed by atoms with Gasteiger partial charge in [0.1, 0.15) is 5.75 Å². The van der Waals surface area contributed by atoms with E-state index in [0.717, 1.165) is 16.8 Å². The van der Waals surface area contributed by atoms with Crippen molar-refractivity contribution in [2.24, 2.45) is 0 Å². The second-order valence-corrected chi connectivity index (χ2v) is 6.72. The molecule has 0 saturated carbocycles. The zero-order valence-electron chi connectivity index (χ0n) is 13.5. The van der Waals surface area contributed by atoms with E-state index in [1.807, 2.05) is 38.1 Å². The van der Waals surface area contributed by atoms with Crippen LogP contribution < -0.4 is 10.1 Å². The molecule has 2 rings (SSSR count). The van der Waals surface area contributed by atoms with Crippen LogP contribution in [0.2, 0.25) is 5.02 Å². The number of thioether (sulfide) groups is 1. The number of esters is 1. The Balaban J connectivity index is 1.75. The van der Waals surface area contributed by atoms with Crippen LogP contribution in [0, 0.1) is 13.8 Å². The number of amides is 1. The Morgan fingerprint density at radius 3 is 2.62 bits per heavy atom. The Morgan fingerprint density at radius 1 is 1.12 bits per heavy atom. The topological polar surface area (TPSA) is 55.4 Å². The molecule has 24 heavy (non-hydrogen) atoms. The number of carbonyl (C=O) groups is 2. The van der Waals surface area contributed by atoms with Crippen molar-refractivity contribution in [1.82, 2.24) is 0 Å². The van der Waals surface area contributed by atoms with E-state index in [1.54, 1.807) is 18.2 Å². The minimum Gasteiger partial charge on any atom is -0.426 e. The number of ether oxygens (including phenoxy) is 1. The molecule has 0 saturated heterocycles. The zero-order chi connectivity index (χ0) is 17.5. The highest BCUT2D eigenvalue weighted by molar-refractivity contribution is 8.00. The van der Waals surface area contributed by atoms with Crippen LogP contribution in [0.4, 0.5) is 5.69 Å². The van der Waals surface area contributed by atoms with E-state index in [1.165, 1.54) is 11.8 Å². The fourth-order valence-electron chi connectivity index (χ4n) is 2.03. The summed E-state index contributed by atoms with van der Waals surface area (Å²) in [5.74, 6) is 0.218. The number of hydrogen-bond acceptors (Lipinski definition) is 4. The van der Waals surface area contributed by atoms with Gasteiger partial charge in [0.05, 0.1) is 11.5 Å². The second kappa shape index (κ2) is 8.76. The first-order chi connectivity index (χ1) is 11.4. The molecule has 0 radical (unpaired) electrons. The molecule has 2 aromatic rings. The Kier molecular flexibility index (Phi) is 6.70. The van der Waals surface area contributed by atoms with Gasteiger partial charge in [-0.05, 0) is 55.3 Å². The lowest BCUT2D eigenvalue weighted by atomic mass is 10.2. The maximum Gasteiger partial charge on any atom is 0.321 e. The normalized spacial score (nSPS) is 10.3. The van der Waals surface area contributed by atoms with Gasteiger partial charge < -0.3 is 10.1 Å². The average molecular weight is 364 g/mol. The average Bonchev–Trinajstić information content (AvgIpc) is 2.50. The predicted molar refractivity (Wildman–Crippen MR) is 99.0 cm³/mol. The summed E-state index contributed by atoms with van der Waals surface area (Å²) >= 11 is 7.07. The van der Waals surface area contributed by atoms with E-state index >= 15 is 0 Å². The van der Waals surface area contributed by atoms with E-state index in [4.69, 9.17) is 16.3 Å². The predicted octanol–water partition coefficient (Wildman–Crippen LogP) is 4.23. The maximum atomic E-state index is 11.9. The standard InChI is InChI=1S/C18H18ClNO3S/c1-12-4-3-5-15(8-12)20-17(21)10-24-11-18(22)23-16-7-6-14(19)9-13(16)2/h3-9H,10-11H2,1-2H3,(H,20,21). The van der Waals surface area contributed by atoms with E-state index in [2.05, 4.69) is 5.32 Å². The first kappa shape index (κ1) is 18.4. The minimum absolute atomic E-state index is 0.100. The number of anilines is 1. The highest BCUT2D eigenvalue weighted by Crippen LogP contribution is 2.22. The summed E-state index contributed by atoms with van der Waals surface area (Å²) in [6.45, 7) is 3.77. The lowest BCUT2D eigenvalue weighted by molar-refractivity contribution is -0.131. The number of rotatable bonds is 6. The Bertz CT molecular complexity index is 749. The molecular formula is C18H18ClNO3S. The van der Waals surface area contributed by atoms with Crippen molar-refractivity contribution >= 4 is 40.9 Å². The van der Waals surface area contributed by atoms with Gasteiger partial charge in [-0.25, -0.2) is 0 Å². The van der Waals surface area contributed by atoms with Gasteiger partial charge in [0.15, 0.2) is 0 Å². The summed E-state index contributed by atoms with van der Waals surface area (Å²) in [4.78, 5) is 23.7. The lowest BCUT2D eigenvalue weighted by Gasteiger charge is -2.08. The van der Waals surface area contributed by atoms with E-state index in [0.29, 0.717) is 10.8 Å². The van der Waals surface area contributed by atoms with Crippen molar-refractivity contribution in [2.45, 2.75) is 13.8 Å². The van der Waals surface area contributed by atoms with Crippen molar-refractivity contribution < 1.29 is 14.3 Å². The van der Waals surface area contributed by atoms with Crippen molar-refractivity contribution in [3.8, 4) is 5.75 Å². The van der Waals surface area contributed by atoms with Crippen LogP contribution in [-0.2, 0) is 9.59 Å². The molecule has 0 aliphatic heterocycles. The van der Waals surface area contributed by atoms with Crippen LogP contribution in [0.1, 0.15) is 11.1 Å². The van der Waals surface area contributed by atoms with Crippen LogP contribution in [0.3, 0.4) is 0 Å². The highest BCUT2D eigenvalue weighted by atomic mass is 35.5. The molecule has 4 nitrogen and oxygen atoms in total. The van der Waals surface area contributed by atoms with Crippen LogP contribution >= 0.6 is 23.4 Å². The molecule has 2 aromatic carbocycles. The Hall–Kier alpha value is -1.98. The van der Waals surface area contributed by atoms with Gasteiger partial charge in [0.25, 0.3) is 0 Å². The molecule has 0 unspecified atom stereocenters. The molecule has 1 N–H and O–H groups in total. The summed E-state index contributed by atoms with van der Waals surface area (Å²) in [6, 6.07) is 12.6. The maximum absolute atomic E-state index is 11.9. The van der Waals surface area contributed by atoms with Gasteiger partial charge >= 0.3 is 5.97 Å². The molecule has 1 amide bonds. The quantitative estimate of drug-likeness (QED) is 0.616. The minimum atomic E-state index is -0.395. The third-order valence-corrected chi connectivity index (χ3v) is 4.26. The largest absolute Gasteiger partial charge is 0.426 e. The van der Waals surface area contributed by atoms with Crippen LogP contribution in [0.5, 0.6) is 5.75 Å². The van der Waals surface area contributed by atoms with Crippen molar-refractivity contribution in [1.29, 1.82) is 0 Å². The Morgan fingerprint density at radius 2 is 1.92 bits per heavy atom. The Labute approximate surface area is 150 Å². The fraction of sp³-hybridized carbons (Fsp3) is 0.222. The second-order valence-electron chi connectivity index (χ2n) is 5.29. The molecular weight excluding hydrogens is 346 g/mol. The molecule has 0 aromatic heterocycles. The number of aryl methyl sites for hydroxylation is 2. The molecule has 0 atom stereocenters. The molecule has 0 spiro atoms. The fourth-order valence-corrected chi connectivity index (χ4v) is 2.84. The molecule has 0 fully saturated rings. The first-order valence-corrected chi connectivity index (χ1v) is 8.88. The van der Waals surface area contributed by atoms with Gasteiger partial charge in [-0.15, -0.1) is 11.8 Å². The third-order valence-electron chi connectivity index (χ3n) is 3.12. The summed E-state index contributed by atoms with van der Waals surface area (Å²) in [5, 5.41) is 3.39. The third kappa shape index (κ3) is 5.91.